The summed E-state index contributed by atoms with van der Waals surface area (Å²) >= 11 is 0. The second-order valence-corrected chi connectivity index (χ2v) is 7.45. The van der Waals surface area contributed by atoms with Crippen LogP contribution in [0, 0.1) is 0 Å². The Labute approximate surface area is 169 Å². The molecule has 4 rings (SSSR count). The van der Waals surface area contributed by atoms with Crippen molar-refractivity contribution in [2.45, 2.75) is 45.8 Å². The predicted molar refractivity (Wildman–Crippen MR) is 114 cm³/mol. The molecule has 0 saturated carbocycles. The molecule has 0 N–H and O–H groups in total. The van der Waals surface area contributed by atoms with Crippen LogP contribution in [0.4, 0.5) is 11.9 Å². The molecule has 2 aromatic rings. The summed E-state index contributed by atoms with van der Waals surface area (Å²) in [7, 11) is 0. The second kappa shape index (κ2) is 8.10. The van der Waals surface area contributed by atoms with E-state index in [-0.39, 0.29) is 17.6 Å². The maximum Gasteiger partial charge on any atom is 0.255 e. The Morgan fingerprint density at radius 2 is 1.97 bits per heavy atom. The molecule has 2 aliphatic rings. The van der Waals surface area contributed by atoms with Gasteiger partial charge < -0.3 is 9.80 Å². The number of nitrogens with zero attached hydrogens (tertiary/aromatic N) is 8. The lowest BCUT2D eigenvalue weighted by Gasteiger charge is -2.41. The molecule has 0 aromatic carbocycles. The van der Waals surface area contributed by atoms with Crippen molar-refractivity contribution >= 4 is 23.9 Å². The van der Waals surface area contributed by atoms with Crippen molar-refractivity contribution in [1.82, 2.24) is 19.5 Å². The lowest BCUT2D eigenvalue weighted by Crippen LogP contribution is -2.54. The summed E-state index contributed by atoms with van der Waals surface area (Å²) in [4.78, 5) is 39.5. The van der Waals surface area contributed by atoms with Crippen molar-refractivity contribution in [3.05, 3.63) is 40.6 Å². The van der Waals surface area contributed by atoms with E-state index in [1.807, 2.05) is 19.9 Å². The summed E-state index contributed by atoms with van der Waals surface area (Å²) in [5.74, 6) is 1.44. The summed E-state index contributed by atoms with van der Waals surface area (Å²) in [6, 6.07) is 3.71. The van der Waals surface area contributed by atoms with Crippen molar-refractivity contribution in [2.75, 3.05) is 29.4 Å². The zero-order valence-electron chi connectivity index (χ0n) is 17.1. The number of aromatic nitrogens is 4. The molecule has 2 aromatic heterocycles. The molecule has 9 heteroatoms. The molecule has 0 bridgehead atoms. The Hall–Kier alpha value is -3.10. The fourth-order valence-electron chi connectivity index (χ4n) is 3.82. The van der Waals surface area contributed by atoms with Gasteiger partial charge in [-0.1, -0.05) is 0 Å². The summed E-state index contributed by atoms with van der Waals surface area (Å²) < 4.78 is 1.73. The molecule has 0 amide bonds. The van der Waals surface area contributed by atoms with Crippen molar-refractivity contribution in [3.8, 4) is 0 Å². The van der Waals surface area contributed by atoms with Gasteiger partial charge in [0.2, 0.25) is 11.9 Å². The Morgan fingerprint density at radius 1 is 1.17 bits per heavy atom. The summed E-state index contributed by atoms with van der Waals surface area (Å²) in [6.07, 6.45) is 5.77. The van der Waals surface area contributed by atoms with Crippen LogP contribution in [-0.4, -0.2) is 63.3 Å². The Morgan fingerprint density at radius 3 is 2.66 bits per heavy atom. The first-order valence-corrected chi connectivity index (χ1v) is 10.1. The highest BCUT2D eigenvalue weighted by molar-refractivity contribution is 6.04. The van der Waals surface area contributed by atoms with Gasteiger partial charge in [0.25, 0.3) is 5.56 Å². The monoisotopic (exact) mass is 394 g/mol. The molecule has 152 valence electrons. The van der Waals surface area contributed by atoms with E-state index in [9.17, 15) is 4.79 Å². The van der Waals surface area contributed by atoms with Crippen LogP contribution in [0.3, 0.4) is 0 Å². The van der Waals surface area contributed by atoms with Gasteiger partial charge in [-0.05, 0) is 26.8 Å². The maximum atomic E-state index is 12.8. The van der Waals surface area contributed by atoms with E-state index in [4.69, 9.17) is 4.98 Å². The molecule has 0 aliphatic carbocycles. The van der Waals surface area contributed by atoms with E-state index >= 15 is 0 Å². The van der Waals surface area contributed by atoms with Crippen molar-refractivity contribution in [3.63, 3.8) is 0 Å². The topological polar surface area (TPSA) is 91.9 Å². The average molecular weight is 394 g/mol. The largest absolute Gasteiger partial charge is 0.337 e. The van der Waals surface area contributed by atoms with Crippen LogP contribution < -0.4 is 15.4 Å². The molecule has 29 heavy (non-hydrogen) atoms. The van der Waals surface area contributed by atoms with Crippen LogP contribution >= 0.6 is 0 Å². The van der Waals surface area contributed by atoms with Crippen molar-refractivity contribution < 1.29 is 0 Å². The molecule has 0 spiro atoms. The molecular formula is C20H26N8O. The first kappa shape index (κ1) is 19.2. The summed E-state index contributed by atoms with van der Waals surface area (Å²) in [5, 5.41) is 0. The number of piperazine rings is 1. The quantitative estimate of drug-likeness (QED) is 0.778. The number of hydrogen-bond acceptors (Lipinski definition) is 8. The van der Waals surface area contributed by atoms with Gasteiger partial charge in [0.15, 0.2) is 0 Å². The fraction of sp³-hybridized carbons (Fsp3) is 0.500. The first-order valence-electron chi connectivity index (χ1n) is 10.1. The number of aliphatic imine (C=N–C) groups is 2. The average Bonchev–Trinajstić information content (AvgIpc) is 2.74. The van der Waals surface area contributed by atoms with Gasteiger partial charge in [-0.15, -0.1) is 0 Å². The van der Waals surface area contributed by atoms with Crippen molar-refractivity contribution in [2.24, 2.45) is 9.98 Å². The molecule has 4 heterocycles. The van der Waals surface area contributed by atoms with Crippen LogP contribution in [0.25, 0.3) is 0 Å². The second-order valence-electron chi connectivity index (χ2n) is 7.45. The predicted octanol–water partition coefficient (Wildman–Crippen LogP) is 1.38. The van der Waals surface area contributed by atoms with E-state index in [2.05, 4.69) is 36.7 Å². The molecule has 1 fully saturated rings. The highest BCUT2D eigenvalue weighted by Crippen LogP contribution is 2.21. The standard InChI is InChI=1S/C20H26N8O/c1-4-27-18(29)11-17(16-10-14(2)23-13-24-16)25-20(27)28-9-8-26(12-15(28)3)19-21-6-5-7-22-19/h5-7,11,13-15H,4,8-10,12H2,1-3H3/t14?,15-/m1/s1. The van der Waals surface area contributed by atoms with Gasteiger partial charge in [0, 0.05) is 57.1 Å². The molecule has 0 radical (unpaired) electrons. The SMILES string of the molecule is CCn1c(N2CCN(c3ncccn3)C[C@H]2C)nc(C2=NC=NC(C)C2)cc1=O. The van der Waals surface area contributed by atoms with Crippen LogP contribution in [0.1, 0.15) is 32.9 Å². The van der Waals surface area contributed by atoms with Gasteiger partial charge in [-0.25, -0.2) is 19.9 Å². The minimum absolute atomic E-state index is 0.0496. The van der Waals surface area contributed by atoms with Gasteiger partial charge in [0.05, 0.1) is 17.4 Å². The Bertz CT molecular complexity index is 984. The highest BCUT2D eigenvalue weighted by atomic mass is 16.1. The molecule has 9 nitrogen and oxygen atoms in total. The van der Waals surface area contributed by atoms with Gasteiger partial charge >= 0.3 is 0 Å². The van der Waals surface area contributed by atoms with E-state index in [0.29, 0.717) is 24.6 Å². The number of hydrogen-bond donors (Lipinski definition) is 0. The third-order valence-corrected chi connectivity index (χ3v) is 5.34. The fourth-order valence-corrected chi connectivity index (χ4v) is 3.82. The Balaban J connectivity index is 1.64. The summed E-state index contributed by atoms with van der Waals surface area (Å²) in [6.45, 7) is 8.98. The Kier molecular flexibility index (Phi) is 5.37. The maximum absolute atomic E-state index is 12.8. The van der Waals surface area contributed by atoms with Gasteiger partial charge in [-0.3, -0.25) is 14.4 Å². The lowest BCUT2D eigenvalue weighted by atomic mass is 10.1. The highest BCUT2D eigenvalue weighted by Gasteiger charge is 2.29. The first-order chi connectivity index (χ1) is 14.1. The number of anilines is 2. The third-order valence-electron chi connectivity index (χ3n) is 5.34. The molecule has 1 saturated heterocycles. The smallest absolute Gasteiger partial charge is 0.255 e. The lowest BCUT2D eigenvalue weighted by molar-refractivity contribution is 0.516. The van der Waals surface area contributed by atoms with Crippen LogP contribution in [0.15, 0.2) is 39.3 Å². The van der Waals surface area contributed by atoms with Crippen LogP contribution in [-0.2, 0) is 6.54 Å². The number of rotatable bonds is 4. The minimum Gasteiger partial charge on any atom is -0.337 e. The van der Waals surface area contributed by atoms with E-state index < -0.39 is 0 Å². The molecule has 1 unspecified atom stereocenters. The van der Waals surface area contributed by atoms with Crippen LogP contribution in [0.2, 0.25) is 0 Å². The zero-order chi connectivity index (χ0) is 20.4. The molecule has 2 atom stereocenters. The summed E-state index contributed by atoms with van der Waals surface area (Å²) in [5.41, 5.74) is 1.41. The molecule has 2 aliphatic heterocycles. The third kappa shape index (κ3) is 3.90. The van der Waals surface area contributed by atoms with Gasteiger partial charge in [0.1, 0.15) is 6.34 Å². The minimum atomic E-state index is -0.0496. The van der Waals surface area contributed by atoms with E-state index in [0.717, 1.165) is 31.3 Å². The van der Waals surface area contributed by atoms with Gasteiger partial charge in [-0.2, -0.15) is 0 Å². The van der Waals surface area contributed by atoms with Crippen molar-refractivity contribution in [1.29, 1.82) is 0 Å². The zero-order valence-corrected chi connectivity index (χ0v) is 17.1. The van der Waals surface area contributed by atoms with E-state index in [1.165, 1.54) is 0 Å². The normalized spacial score (nSPS) is 22.0. The van der Waals surface area contributed by atoms with Crippen LogP contribution in [0.5, 0.6) is 0 Å². The van der Waals surface area contributed by atoms with E-state index in [1.54, 1.807) is 29.4 Å². The molecular weight excluding hydrogens is 368 g/mol.